The van der Waals surface area contributed by atoms with Crippen LogP contribution in [-0.4, -0.2) is 16.0 Å². The third-order valence-corrected chi connectivity index (χ3v) is 3.75. The van der Waals surface area contributed by atoms with Gasteiger partial charge >= 0.3 is 0 Å². The molecule has 0 aromatic carbocycles. The van der Waals surface area contributed by atoms with Gasteiger partial charge in [0.05, 0.1) is 0 Å². The normalized spacial score (nSPS) is 34.4. The summed E-state index contributed by atoms with van der Waals surface area (Å²) in [6.07, 6.45) is 1.01. The summed E-state index contributed by atoms with van der Waals surface area (Å²) in [4.78, 5) is 4.59. The lowest BCUT2D eigenvalue weighted by molar-refractivity contribution is 0.770. The summed E-state index contributed by atoms with van der Waals surface area (Å²) in [6, 6.07) is 0. The molecule has 0 amide bonds. The van der Waals surface area contributed by atoms with Crippen LogP contribution in [0.2, 0.25) is 0 Å². The monoisotopic (exact) mass is 222 g/mol. The molecule has 0 saturated carbocycles. The van der Waals surface area contributed by atoms with E-state index in [1.54, 1.807) is 11.8 Å². The second kappa shape index (κ2) is 2.82. The molecule has 0 radical (unpaired) electrons. The summed E-state index contributed by atoms with van der Waals surface area (Å²) in [7, 11) is 0. The van der Waals surface area contributed by atoms with Crippen LogP contribution in [0.4, 0.5) is 0 Å². The van der Waals surface area contributed by atoms with Crippen molar-refractivity contribution < 1.29 is 0 Å². The highest BCUT2D eigenvalue weighted by molar-refractivity contribution is 8.03. The van der Waals surface area contributed by atoms with Crippen molar-refractivity contribution in [1.29, 1.82) is 0 Å². The average molecular weight is 223 g/mol. The number of thioether (sulfide) groups is 1. The lowest BCUT2D eigenvalue weighted by Crippen LogP contribution is -2.31. The Bertz CT molecular complexity index is 283. The van der Waals surface area contributed by atoms with E-state index in [1.165, 1.54) is 0 Å². The fraction of sp³-hybridized carbons (Fsp3) is 0.571. The Hall–Kier alpha value is 0.140. The number of aliphatic imine (C=N–C) groups is 1. The van der Waals surface area contributed by atoms with Gasteiger partial charge in [-0.15, -0.1) is 11.8 Å². The van der Waals surface area contributed by atoms with Crippen LogP contribution < -0.4 is 5.32 Å². The number of alkyl halides is 1. The molecular weight excluding hydrogens is 215 g/mol. The molecule has 2 rings (SSSR count). The van der Waals surface area contributed by atoms with Gasteiger partial charge in [-0.05, 0) is 24.9 Å². The fourth-order valence-corrected chi connectivity index (χ4v) is 3.21. The molecule has 1 atom stereocenters. The van der Waals surface area contributed by atoms with Crippen molar-refractivity contribution in [1.82, 2.24) is 5.32 Å². The van der Waals surface area contributed by atoms with Crippen molar-refractivity contribution in [2.75, 3.05) is 5.75 Å². The van der Waals surface area contributed by atoms with Gasteiger partial charge in [-0.2, -0.15) is 0 Å². The highest BCUT2D eigenvalue weighted by Crippen LogP contribution is 2.44. The number of amidine groups is 1. The Kier molecular flexibility index (Phi) is 2.05. The number of nitrogens with zero attached hydrogens (tertiary/aromatic N) is 1. The van der Waals surface area contributed by atoms with Crippen LogP contribution in [-0.2, 0) is 0 Å². The van der Waals surface area contributed by atoms with Gasteiger partial charge in [0.2, 0.25) is 0 Å². The van der Waals surface area contributed by atoms with Crippen molar-refractivity contribution in [3.63, 3.8) is 0 Å². The maximum atomic E-state index is 6.18. The molecule has 12 heavy (non-hydrogen) atoms. The first-order valence-corrected chi connectivity index (χ1v) is 5.41. The van der Waals surface area contributed by atoms with E-state index in [2.05, 4.69) is 10.3 Å². The zero-order valence-corrected chi connectivity index (χ0v) is 8.85. The maximum absolute atomic E-state index is 6.18. The van der Waals surface area contributed by atoms with E-state index in [9.17, 15) is 0 Å². The molecule has 0 bridgehead atoms. The molecule has 0 saturated heterocycles. The second-order valence-corrected chi connectivity index (χ2v) is 5.09. The molecule has 5 heteroatoms. The van der Waals surface area contributed by atoms with Gasteiger partial charge < -0.3 is 5.32 Å². The van der Waals surface area contributed by atoms with Crippen molar-refractivity contribution >= 4 is 40.3 Å². The van der Waals surface area contributed by atoms with E-state index in [1.807, 2.05) is 6.92 Å². The maximum Gasteiger partial charge on any atom is 0.197 e. The van der Waals surface area contributed by atoms with Gasteiger partial charge in [0.15, 0.2) is 10.3 Å². The molecule has 0 aromatic rings. The summed E-state index contributed by atoms with van der Waals surface area (Å²) in [5, 5.41) is 3.42. The number of allylic oxidation sites excluding steroid dienone is 1. The molecule has 1 N–H and O–H groups in total. The van der Waals surface area contributed by atoms with Gasteiger partial charge in [-0.1, -0.05) is 11.6 Å². The minimum Gasteiger partial charge on any atom is -0.333 e. The molecule has 0 fully saturated rings. The van der Waals surface area contributed by atoms with Gasteiger partial charge in [-0.3, -0.25) is 0 Å². The minimum absolute atomic E-state index is 0.397. The number of hydrogen-bond donors (Lipinski definition) is 1. The Morgan fingerprint density at radius 3 is 3.17 bits per heavy atom. The smallest absolute Gasteiger partial charge is 0.197 e. The van der Waals surface area contributed by atoms with Gasteiger partial charge in [0, 0.05) is 16.4 Å². The Labute approximate surface area is 85.4 Å². The molecule has 0 aliphatic carbocycles. The minimum atomic E-state index is -0.640. The summed E-state index contributed by atoms with van der Waals surface area (Å²) in [6.45, 7) is 1.87. The van der Waals surface area contributed by atoms with Crippen LogP contribution in [0.25, 0.3) is 0 Å². The Morgan fingerprint density at radius 2 is 2.42 bits per heavy atom. The fourth-order valence-electron chi connectivity index (χ4n) is 1.37. The van der Waals surface area contributed by atoms with Crippen molar-refractivity contribution in [3.05, 3.63) is 10.6 Å². The van der Waals surface area contributed by atoms with E-state index >= 15 is 0 Å². The average Bonchev–Trinajstić information content (AvgIpc) is 2.32. The lowest BCUT2D eigenvalue weighted by atomic mass is 10.2. The molecule has 1 unspecified atom stereocenters. The molecule has 0 spiro atoms. The lowest BCUT2D eigenvalue weighted by Gasteiger charge is -2.25. The van der Waals surface area contributed by atoms with E-state index in [-0.39, 0.29) is 0 Å². The quantitative estimate of drug-likeness (QED) is 0.504. The highest BCUT2D eigenvalue weighted by Gasteiger charge is 2.35. The molecule has 66 valence electrons. The van der Waals surface area contributed by atoms with Crippen LogP contribution in [0.5, 0.6) is 0 Å². The SMILES string of the molecule is CC1(Cl)N=C(Cl)NC2=C1SCC2. The Balaban J connectivity index is 2.38. The molecule has 2 aliphatic rings. The predicted octanol–water partition coefficient (Wildman–Crippen LogP) is 2.49. The van der Waals surface area contributed by atoms with Crippen molar-refractivity contribution in [3.8, 4) is 0 Å². The predicted molar refractivity (Wildman–Crippen MR) is 54.8 cm³/mol. The van der Waals surface area contributed by atoms with E-state index in [4.69, 9.17) is 23.2 Å². The van der Waals surface area contributed by atoms with Crippen molar-refractivity contribution in [2.24, 2.45) is 4.99 Å². The Morgan fingerprint density at radius 1 is 1.67 bits per heavy atom. The van der Waals surface area contributed by atoms with Gasteiger partial charge in [-0.25, -0.2) is 4.99 Å². The topological polar surface area (TPSA) is 24.4 Å². The van der Waals surface area contributed by atoms with Gasteiger partial charge in [0.25, 0.3) is 0 Å². The standard InChI is InChI=1S/C7H8Cl2N2S/c1-7(9)5-4(2-3-12-5)10-6(8)11-7/h2-3H2,1H3,(H,10,11). The second-order valence-electron chi connectivity index (χ2n) is 2.89. The molecule has 2 aliphatic heterocycles. The van der Waals surface area contributed by atoms with Crippen LogP contribution in [0.15, 0.2) is 15.6 Å². The number of hydrogen-bond acceptors (Lipinski definition) is 3. The zero-order chi connectivity index (χ0) is 8.77. The van der Waals surface area contributed by atoms with Gasteiger partial charge in [0.1, 0.15) is 0 Å². The number of rotatable bonds is 0. The van der Waals surface area contributed by atoms with E-state index in [0.29, 0.717) is 5.29 Å². The van der Waals surface area contributed by atoms with Crippen LogP contribution in [0.3, 0.4) is 0 Å². The van der Waals surface area contributed by atoms with E-state index < -0.39 is 5.00 Å². The zero-order valence-electron chi connectivity index (χ0n) is 6.53. The first-order valence-electron chi connectivity index (χ1n) is 3.67. The van der Waals surface area contributed by atoms with Crippen molar-refractivity contribution in [2.45, 2.75) is 18.3 Å². The first-order chi connectivity index (χ1) is 5.59. The largest absolute Gasteiger partial charge is 0.333 e. The number of halogens is 2. The van der Waals surface area contributed by atoms with Crippen LogP contribution in [0.1, 0.15) is 13.3 Å². The number of nitrogens with one attached hydrogen (secondary N) is 1. The molecule has 0 aromatic heterocycles. The third kappa shape index (κ3) is 1.34. The summed E-state index contributed by atoms with van der Waals surface area (Å²) in [5.41, 5.74) is 1.14. The summed E-state index contributed by atoms with van der Waals surface area (Å²) >= 11 is 13.7. The highest BCUT2D eigenvalue weighted by atomic mass is 35.5. The molecule has 2 nitrogen and oxygen atoms in total. The molecular formula is C7H8Cl2N2S. The van der Waals surface area contributed by atoms with Crippen LogP contribution >= 0.6 is 35.0 Å². The summed E-state index contributed by atoms with van der Waals surface area (Å²) in [5.74, 6) is 1.07. The molecule has 2 heterocycles. The third-order valence-electron chi connectivity index (χ3n) is 1.85. The van der Waals surface area contributed by atoms with E-state index in [0.717, 1.165) is 22.8 Å². The summed E-state index contributed by atoms with van der Waals surface area (Å²) < 4.78 is 0. The first kappa shape index (κ1) is 8.73. The van der Waals surface area contributed by atoms with Crippen LogP contribution in [0, 0.1) is 0 Å².